The summed E-state index contributed by atoms with van der Waals surface area (Å²) in [4.78, 5) is 13.9. The molecule has 0 aromatic heterocycles. The first-order valence-corrected chi connectivity index (χ1v) is 6.15. The maximum absolute atomic E-state index is 13.6. The third kappa shape index (κ3) is 3.55. The molecule has 94 valence electrons. The van der Waals surface area contributed by atoms with E-state index in [1.807, 2.05) is 20.8 Å². The Morgan fingerprint density at radius 3 is 2.35 bits per heavy atom. The molecule has 1 amide bonds. The van der Waals surface area contributed by atoms with E-state index in [1.165, 1.54) is 6.07 Å². The van der Waals surface area contributed by atoms with Crippen molar-refractivity contribution in [2.75, 3.05) is 13.1 Å². The Balaban J connectivity index is 2.95. The maximum Gasteiger partial charge on any atom is 0.256 e. The van der Waals surface area contributed by atoms with Crippen molar-refractivity contribution in [3.05, 3.63) is 35.1 Å². The lowest BCUT2D eigenvalue weighted by Gasteiger charge is -2.21. The van der Waals surface area contributed by atoms with Gasteiger partial charge in [0, 0.05) is 13.1 Å². The van der Waals surface area contributed by atoms with Gasteiger partial charge >= 0.3 is 0 Å². The molecule has 17 heavy (non-hydrogen) atoms. The van der Waals surface area contributed by atoms with Crippen LogP contribution in [0.1, 0.15) is 42.6 Å². The summed E-state index contributed by atoms with van der Waals surface area (Å²) in [6.07, 6.45) is 1.78. The Hall–Kier alpha value is -1.38. The Labute approximate surface area is 102 Å². The molecule has 2 nitrogen and oxygen atoms in total. The molecule has 0 aliphatic rings. The molecule has 0 aliphatic heterocycles. The number of nitrogens with zero attached hydrogens (tertiary/aromatic N) is 1. The summed E-state index contributed by atoms with van der Waals surface area (Å²) in [5.41, 5.74) is 1.09. The molecule has 0 atom stereocenters. The lowest BCUT2D eigenvalue weighted by molar-refractivity contribution is 0.0751. The zero-order valence-electron chi connectivity index (χ0n) is 10.8. The van der Waals surface area contributed by atoms with Crippen LogP contribution in [-0.2, 0) is 0 Å². The van der Waals surface area contributed by atoms with Crippen LogP contribution in [0.15, 0.2) is 18.2 Å². The summed E-state index contributed by atoms with van der Waals surface area (Å²) in [5, 5.41) is 0. The van der Waals surface area contributed by atoms with Gasteiger partial charge in [-0.15, -0.1) is 0 Å². The van der Waals surface area contributed by atoms with Crippen molar-refractivity contribution in [1.29, 1.82) is 0 Å². The molecule has 0 N–H and O–H groups in total. The van der Waals surface area contributed by atoms with Crippen LogP contribution in [0.25, 0.3) is 0 Å². The number of hydrogen-bond acceptors (Lipinski definition) is 1. The molecule has 0 radical (unpaired) electrons. The first kappa shape index (κ1) is 13.7. The molecule has 0 fully saturated rings. The second-order valence-corrected chi connectivity index (χ2v) is 4.28. The van der Waals surface area contributed by atoms with Crippen LogP contribution in [0.5, 0.6) is 0 Å². The summed E-state index contributed by atoms with van der Waals surface area (Å²) in [6.45, 7) is 7.26. The Morgan fingerprint density at radius 1 is 1.24 bits per heavy atom. The molecule has 0 heterocycles. The fourth-order valence-corrected chi connectivity index (χ4v) is 1.83. The van der Waals surface area contributed by atoms with E-state index in [2.05, 4.69) is 0 Å². The average molecular weight is 237 g/mol. The van der Waals surface area contributed by atoms with Crippen molar-refractivity contribution in [2.45, 2.75) is 33.6 Å². The molecular formula is C14H20FNO. The third-order valence-electron chi connectivity index (χ3n) is 2.63. The fourth-order valence-electron chi connectivity index (χ4n) is 1.83. The van der Waals surface area contributed by atoms with E-state index in [0.29, 0.717) is 13.1 Å². The van der Waals surface area contributed by atoms with E-state index < -0.39 is 5.82 Å². The third-order valence-corrected chi connectivity index (χ3v) is 2.63. The quantitative estimate of drug-likeness (QED) is 0.768. The molecule has 0 spiro atoms. The van der Waals surface area contributed by atoms with Crippen molar-refractivity contribution in [1.82, 2.24) is 4.90 Å². The first-order valence-electron chi connectivity index (χ1n) is 6.15. The number of benzene rings is 1. The summed E-state index contributed by atoms with van der Waals surface area (Å²) in [6, 6.07) is 4.66. The van der Waals surface area contributed by atoms with Gasteiger partial charge in [0.05, 0.1) is 5.56 Å². The molecular weight excluding hydrogens is 217 g/mol. The topological polar surface area (TPSA) is 20.3 Å². The van der Waals surface area contributed by atoms with Gasteiger partial charge in [-0.3, -0.25) is 4.79 Å². The van der Waals surface area contributed by atoms with Crippen LogP contribution in [-0.4, -0.2) is 23.9 Å². The van der Waals surface area contributed by atoms with Crippen LogP contribution >= 0.6 is 0 Å². The number of carbonyl (C=O) groups excluding carboxylic acids is 1. The second kappa shape index (κ2) is 6.38. The predicted octanol–water partition coefficient (Wildman–Crippen LogP) is 3.40. The number of rotatable bonds is 5. The molecule has 1 rings (SSSR count). The van der Waals surface area contributed by atoms with Crippen LogP contribution < -0.4 is 0 Å². The van der Waals surface area contributed by atoms with Crippen molar-refractivity contribution in [2.24, 2.45) is 0 Å². The number of aryl methyl sites for hydroxylation is 1. The molecule has 0 saturated heterocycles. The van der Waals surface area contributed by atoms with Gasteiger partial charge in [-0.25, -0.2) is 4.39 Å². The van der Waals surface area contributed by atoms with Gasteiger partial charge < -0.3 is 4.90 Å². The normalized spacial score (nSPS) is 10.4. The molecule has 0 aliphatic carbocycles. The van der Waals surface area contributed by atoms with Crippen LogP contribution in [0, 0.1) is 12.7 Å². The van der Waals surface area contributed by atoms with Gasteiger partial charge in [-0.1, -0.05) is 25.5 Å². The second-order valence-electron chi connectivity index (χ2n) is 4.28. The highest BCUT2D eigenvalue weighted by Crippen LogP contribution is 2.13. The number of halogens is 1. The minimum absolute atomic E-state index is 0.187. The van der Waals surface area contributed by atoms with Crippen LogP contribution in [0.3, 0.4) is 0 Å². The molecule has 1 aromatic carbocycles. The molecule has 3 heteroatoms. The minimum Gasteiger partial charge on any atom is -0.339 e. The molecule has 0 saturated carbocycles. The SMILES string of the molecule is CCCN(CCC)C(=O)c1cc(C)ccc1F. The van der Waals surface area contributed by atoms with E-state index in [-0.39, 0.29) is 11.5 Å². The first-order chi connectivity index (χ1) is 8.10. The lowest BCUT2D eigenvalue weighted by Crippen LogP contribution is -2.33. The van der Waals surface area contributed by atoms with Crippen molar-refractivity contribution < 1.29 is 9.18 Å². The van der Waals surface area contributed by atoms with Crippen molar-refractivity contribution >= 4 is 5.91 Å². The van der Waals surface area contributed by atoms with Gasteiger partial charge in [-0.05, 0) is 31.9 Å². The highest BCUT2D eigenvalue weighted by molar-refractivity contribution is 5.94. The largest absolute Gasteiger partial charge is 0.339 e. The van der Waals surface area contributed by atoms with Gasteiger partial charge in [0.1, 0.15) is 5.82 Å². The summed E-state index contributed by atoms with van der Waals surface area (Å²) in [5.74, 6) is -0.632. The summed E-state index contributed by atoms with van der Waals surface area (Å²) < 4.78 is 13.6. The van der Waals surface area contributed by atoms with Gasteiger partial charge in [0.25, 0.3) is 5.91 Å². The van der Waals surface area contributed by atoms with Crippen molar-refractivity contribution in [3.63, 3.8) is 0 Å². The number of amides is 1. The highest BCUT2D eigenvalue weighted by atomic mass is 19.1. The average Bonchev–Trinajstić information content (AvgIpc) is 2.31. The Morgan fingerprint density at radius 2 is 1.82 bits per heavy atom. The Bertz CT molecular complexity index is 384. The molecule has 0 unspecified atom stereocenters. The van der Waals surface area contributed by atoms with E-state index in [0.717, 1.165) is 18.4 Å². The number of carbonyl (C=O) groups is 1. The van der Waals surface area contributed by atoms with Gasteiger partial charge in [0.15, 0.2) is 0 Å². The zero-order valence-corrected chi connectivity index (χ0v) is 10.8. The molecule has 1 aromatic rings. The summed E-state index contributed by atoms with van der Waals surface area (Å²) in [7, 11) is 0. The van der Waals surface area contributed by atoms with Gasteiger partial charge in [0.2, 0.25) is 0 Å². The van der Waals surface area contributed by atoms with E-state index >= 15 is 0 Å². The number of hydrogen-bond donors (Lipinski definition) is 0. The van der Waals surface area contributed by atoms with E-state index in [9.17, 15) is 9.18 Å². The highest BCUT2D eigenvalue weighted by Gasteiger charge is 2.17. The monoisotopic (exact) mass is 237 g/mol. The Kier molecular flexibility index (Phi) is 5.13. The minimum atomic E-state index is -0.433. The zero-order chi connectivity index (χ0) is 12.8. The van der Waals surface area contributed by atoms with Gasteiger partial charge in [-0.2, -0.15) is 0 Å². The predicted molar refractivity (Wildman–Crippen MR) is 67.6 cm³/mol. The van der Waals surface area contributed by atoms with Crippen LogP contribution in [0.2, 0.25) is 0 Å². The van der Waals surface area contributed by atoms with Crippen LogP contribution in [0.4, 0.5) is 4.39 Å². The molecule has 0 bridgehead atoms. The van der Waals surface area contributed by atoms with E-state index in [4.69, 9.17) is 0 Å². The standard InChI is InChI=1S/C14H20FNO/c1-4-8-16(9-5-2)14(17)12-10-11(3)6-7-13(12)15/h6-7,10H,4-5,8-9H2,1-3H3. The maximum atomic E-state index is 13.6. The summed E-state index contributed by atoms with van der Waals surface area (Å²) >= 11 is 0. The van der Waals surface area contributed by atoms with Crippen molar-refractivity contribution in [3.8, 4) is 0 Å². The van der Waals surface area contributed by atoms with E-state index in [1.54, 1.807) is 17.0 Å². The smallest absolute Gasteiger partial charge is 0.256 e. The fraction of sp³-hybridized carbons (Fsp3) is 0.500. The lowest BCUT2D eigenvalue weighted by atomic mass is 10.1.